The number of anilines is 1. The quantitative estimate of drug-likeness (QED) is 0.747. The molecule has 3 rings (SSSR count). The van der Waals surface area contributed by atoms with Crippen molar-refractivity contribution in [2.24, 2.45) is 0 Å². The van der Waals surface area contributed by atoms with Gasteiger partial charge in [0.1, 0.15) is 11.2 Å². The molecular weight excluding hydrogens is 371 g/mol. The number of carbonyl (C=O) groups is 1. The lowest BCUT2D eigenvalue weighted by Gasteiger charge is -2.36. The van der Waals surface area contributed by atoms with Gasteiger partial charge in [-0.15, -0.1) is 11.6 Å². The Morgan fingerprint density at radius 3 is 2.27 bits per heavy atom. The SMILES string of the molecule is Cc1nc(-c2ccc(Cl)cc2)nc(N2CCN(C(=O)[C@@H](C)Cl)CC2)c1C. The number of hydrogen-bond acceptors (Lipinski definition) is 4. The fraction of sp³-hybridized carbons (Fsp3) is 0.421. The van der Waals surface area contributed by atoms with Crippen molar-refractivity contribution in [3.8, 4) is 11.4 Å². The van der Waals surface area contributed by atoms with Crippen LogP contribution in [0.2, 0.25) is 5.02 Å². The number of amides is 1. The number of carbonyl (C=O) groups excluding carboxylic acids is 1. The van der Waals surface area contributed by atoms with E-state index in [9.17, 15) is 4.79 Å². The van der Waals surface area contributed by atoms with Crippen molar-refractivity contribution in [1.82, 2.24) is 14.9 Å². The van der Waals surface area contributed by atoms with Gasteiger partial charge in [-0.3, -0.25) is 4.79 Å². The predicted molar refractivity (Wildman–Crippen MR) is 106 cm³/mol. The van der Waals surface area contributed by atoms with Gasteiger partial charge < -0.3 is 9.80 Å². The maximum Gasteiger partial charge on any atom is 0.240 e. The Bertz CT molecular complexity index is 800. The van der Waals surface area contributed by atoms with Crippen LogP contribution < -0.4 is 4.90 Å². The van der Waals surface area contributed by atoms with E-state index < -0.39 is 5.38 Å². The first-order valence-electron chi connectivity index (χ1n) is 8.66. The number of aromatic nitrogens is 2. The van der Waals surface area contributed by atoms with E-state index in [0.717, 1.165) is 35.7 Å². The number of rotatable bonds is 3. The lowest BCUT2D eigenvalue weighted by atomic mass is 10.1. The Kier molecular flexibility index (Phi) is 5.68. The molecule has 1 aromatic heterocycles. The zero-order valence-corrected chi connectivity index (χ0v) is 16.7. The Balaban J connectivity index is 1.84. The molecule has 2 aromatic rings. The Labute approximate surface area is 163 Å². The summed E-state index contributed by atoms with van der Waals surface area (Å²) >= 11 is 11.9. The van der Waals surface area contributed by atoms with Gasteiger partial charge in [0.05, 0.1) is 0 Å². The summed E-state index contributed by atoms with van der Waals surface area (Å²) in [5.41, 5.74) is 2.95. The van der Waals surface area contributed by atoms with Crippen LogP contribution in [0.3, 0.4) is 0 Å². The number of benzene rings is 1. The van der Waals surface area contributed by atoms with Crippen molar-refractivity contribution >= 4 is 34.9 Å². The third-order valence-corrected chi connectivity index (χ3v) is 5.14. The van der Waals surface area contributed by atoms with Gasteiger partial charge in [0.25, 0.3) is 0 Å². The fourth-order valence-electron chi connectivity index (χ4n) is 3.04. The van der Waals surface area contributed by atoms with E-state index >= 15 is 0 Å². The molecule has 0 saturated carbocycles. The largest absolute Gasteiger partial charge is 0.353 e. The summed E-state index contributed by atoms with van der Waals surface area (Å²) in [5, 5.41) is 0.202. The molecule has 0 unspecified atom stereocenters. The van der Waals surface area contributed by atoms with Crippen molar-refractivity contribution in [2.75, 3.05) is 31.1 Å². The minimum atomic E-state index is -0.485. The molecule has 5 nitrogen and oxygen atoms in total. The van der Waals surface area contributed by atoms with Gasteiger partial charge in [0, 0.05) is 48.0 Å². The molecule has 26 heavy (non-hydrogen) atoms. The molecule has 1 saturated heterocycles. The molecule has 1 amide bonds. The summed E-state index contributed by atoms with van der Waals surface area (Å²) in [6.07, 6.45) is 0. The molecule has 1 fully saturated rings. The second-order valence-electron chi connectivity index (χ2n) is 6.52. The molecule has 7 heteroatoms. The lowest BCUT2D eigenvalue weighted by Crippen LogP contribution is -2.50. The van der Waals surface area contributed by atoms with Gasteiger partial charge >= 0.3 is 0 Å². The van der Waals surface area contributed by atoms with Crippen LogP contribution in [0.5, 0.6) is 0 Å². The predicted octanol–water partition coefficient (Wildman–Crippen LogP) is 3.69. The highest BCUT2D eigenvalue weighted by Gasteiger charge is 2.25. The van der Waals surface area contributed by atoms with E-state index in [1.54, 1.807) is 6.92 Å². The van der Waals surface area contributed by atoms with E-state index in [1.807, 2.05) is 43.0 Å². The Hall–Kier alpha value is -1.85. The van der Waals surface area contributed by atoms with Crippen molar-refractivity contribution in [3.05, 3.63) is 40.5 Å². The number of alkyl halides is 1. The fourth-order valence-corrected chi connectivity index (χ4v) is 3.30. The average molecular weight is 393 g/mol. The summed E-state index contributed by atoms with van der Waals surface area (Å²) in [6.45, 7) is 8.50. The van der Waals surface area contributed by atoms with Crippen LogP contribution in [0, 0.1) is 13.8 Å². The molecule has 1 atom stereocenters. The van der Waals surface area contributed by atoms with Gasteiger partial charge in [-0.2, -0.15) is 0 Å². The summed E-state index contributed by atoms with van der Waals surface area (Å²) in [4.78, 5) is 25.5. The average Bonchev–Trinajstić information content (AvgIpc) is 2.64. The van der Waals surface area contributed by atoms with Crippen LogP contribution in [-0.4, -0.2) is 52.3 Å². The lowest BCUT2D eigenvalue weighted by molar-refractivity contribution is -0.130. The van der Waals surface area contributed by atoms with Crippen molar-refractivity contribution in [1.29, 1.82) is 0 Å². The molecule has 0 spiro atoms. The minimum absolute atomic E-state index is 0.0104. The van der Waals surface area contributed by atoms with Gasteiger partial charge in [-0.25, -0.2) is 9.97 Å². The number of halogens is 2. The molecule has 0 bridgehead atoms. The summed E-state index contributed by atoms with van der Waals surface area (Å²) in [5.74, 6) is 1.60. The molecule has 1 aliphatic rings. The minimum Gasteiger partial charge on any atom is -0.353 e. The summed E-state index contributed by atoms with van der Waals surface area (Å²) in [6, 6.07) is 7.53. The number of aryl methyl sites for hydroxylation is 1. The normalized spacial score (nSPS) is 15.9. The highest BCUT2D eigenvalue weighted by atomic mass is 35.5. The molecule has 1 aliphatic heterocycles. The van der Waals surface area contributed by atoms with E-state index in [1.165, 1.54) is 0 Å². The third-order valence-electron chi connectivity index (χ3n) is 4.70. The highest BCUT2D eigenvalue weighted by Crippen LogP contribution is 2.26. The van der Waals surface area contributed by atoms with Gasteiger partial charge in [-0.1, -0.05) is 11.6 Å². The maximum absolute atomic E-state index is 12.1. The maximum atomic E-state index is 12.1. The number of nitrogens with zero attached hydrogens (tertiary/aromatic N) is 4. The molecule has 138 valence electrons. The van der Waals surface area contributed by atoms with E-state index in [2.05, 4.69) is 9.88 Å². The van der Waals surface area contributed by atoms with Crippen LogP contribution in [0.15, 0.2) is 24.3 Å². The Morgan fingerprint density at radius 2 is 1.69 bits per heavy atom. The molecule has 0 N–H and O–H groups in total. The second-order valence-corrected chi connectivity index (χ2v) is 7.61. The third kappa shape index (κ3) is 3.94. The number of piperazine rings is 1. The molecule has 0 aliphatic carbocycles. The molecular formula is C19H22Cl2N4O. The summed E-state index contributed by atoms with van der Waals surface area (Å²) < 4.78 is 0. The standard InChI is InChI=1S/C19H22Cl2N4O/c1-12-14(3)22-17(15-4-6-16(21)7-5-15)23-18(12)24-8-10-25(11-9-24)19(26)13(2)20/h4-7,13H,8-11H2,1-3H3/t13-/m1/s1. The zero-order valence-electron chi connectivity index (χ0n) is 15.2. The first-order valence-corrected chi connectivity index (χ1v) is 9.47. The molecule has 1 aromatic carbocycles. The van der Waals surface area contributed by atoms with Crippen molar-refractivity contribution in [3.63, 3.8) is 0 Å². The monoisotopic (exact) mass is 392 g/mol. The molecule has 2 heterocycles. The highest BCUT2D eigenvalue weighted by molar-refractivity contribution is 6.30. The smallest absolute Gasteiger partial charge is 0.240 e. The van der Waals surface area contributed by atoms with Crippen LogP contribution in [-0.2, 0) is 4.79 Å². The van der Waals surface area contributed by atoms with E-state index in [4.69, 9.17) is 28.2 Å². The van der Waals surface area contributed by atoms with Crippen LogP contribution in [0.25, 0.3) is 11.4 Å². The topological polar surface area (TPSA) is 49.3 Å². The van der Waals surface area contributed by atoms with E-state index in [-0.39, 0.29) is 5.91 Å². The Morgan fingerprint density at radius 1 is 1.08 bits per heavy atom. The van der Waals surface area contributed by atoms with Gasteiger partial charge in [0.2, 0.25) is 5.91 Å². The number of hydrogen-bond donors (Lipinski definition) is 0. The van der Waals surface area contributed by atoms with Gasteiger partial charge in [0.15, 0.2) is 5.82 Å². The van der Waals surface area contributed by atoms with Crippen LogP contribution >= 0.6 is 23.2 Å². The van der Waals surface area contributed by atoms with Gasteiger partial charge in [-0.05, 0) is 45.0 Å². The molecule has 0 radical (unpaired) electrons. The first kappa shape index (κ1) is 18.9. The first-order chi connectivity index (χ1) is 12.4. The second kappa shape index (κ2) is 7.80. The zero-order chi connectivity index (χ0) is 18.8. The summed E-state index contributed by atoms with van der Waals surface area (Å²) in [7, 11) is 0. The van der Waals surface area contributed by atoms with E-state index in [0.29, 0.717) is 23.9 Å². The van der Waals surface area contributed by atoms with Crippen molar-refractivity contribution in [2.45, 2.75) is 26.1 Å². The van der Waals surface area contributed by atoms with Crippen LogP contribution in [0.4, 0.5) is 5.82 Å². The van der Waals surface area contributed by atoms with Crippen molar-refractivity contribution < 1.29 is 4.79 Å². The van der Waals surface area contributed by atoms with Crippen LogP contribution in [0.1, 0.15) is 18.2 Å².